The average molecular weight is 221 g/mol. The molecule has 0 aliphatic carbocycles. The summed E-state index contributed by atoms with van der Waals surface area (Å²) in [5, 5.41) is 5.45. The molecule has 0 saturated heterocycles. The van der Waals surface area contributed by atoms with Gasteiger partial charge in [0.2, 0.25) is 0 Å². The molecule has 2 aromatic rings. The van der Waals surface area contributed by atoms with Crippen molar-refractivity contribution in [2.75, 3.05) is 7.05 Å². The smallest absolute Gasteiger partial charge is 0.101 e. The minimum absolute atomic E-state index is 0.244. The summed E-state index contributed by atoms with van der Waals surface area (Å²) in [6, 6.07) is 4.50. The Bertz CT molecular complexity index is 444. The molecule has 0 bridgehead atoms. The van der Waals surface area contributed by atoms with Crippen molar-refractivity contribution in [3.05, 3.63) is 45.5 Å². The van der Waals surface area contributed by atoms with Gasteiger partial charge in [0, 0.05) is 10.4 Å². The van der Waals surface area contributed by atoms with E-state index in [2.05, 4.69) is 29.8 Å². The fourth-order valence-corrected chi connectivity index (χ4v) is 2.55. The van der Waals surface area contributed by atoms with Gasteiger partial charge in [0.1, 0.15) is 5.76 Å². The third-order valence-corrected chi connectivity index (χ3v) is 3.44. The van der Waals surface area contributed by atoms with E-state index >= 15 is 0 Å². The van der Waals surface area contributed by atoms with Crippen LogP contribution in [0.4, 0.5) is 0 Å². The number of hydrogen-bond acceptors (Lipinski definition) is 3. The molecular formula is C12H15NOS. The molecule has 2 aromatic heterocycles. The van der Waals surface area contributed by atoms with Crippen molar-refractivity contribution in [2.45, 2.75) is 19.9 Å². The topological polar surface area (TPSA) is 25.2 Å². The van der Waals surface area contributed by atoms with Crippen molar-refractivity contribution < 1.29 is 4.42 Å². The second-order valence-electron chi connectivity index (χ2n) is 3.64. The van der Waals surface area contributed by atoms with E-state index in [-0.39, 0.29) is 6.04 Å². The van der Waals surface area contributed by atoms with Crippen LogP contribution in [-0.4, -0.2) is 7.05 Å². The van der Waals surface area contributed by atoms with Crippen LogP contribution in [0.5, 0.6) is 0 Å². The second-order valence-corrected chi connectivity index (χ2v) is 4.76. The Labute approximate surface area is 93.9 Å². The van der Waals surface area contributed by atoms with Crippen molar-refractivity contribution >= 4 is 11.3 Å². The molecule has 0 aliphatic heterocycles. The van der Waals surface area contributed by atoms with Crippen molar-refractivity contribution in [1.82, 2.24) is 5.32 Å². The zero-order valence-electron chi connectivity index (χ0n) is 9.20. The van der Waals surface area contributed by atoms with E-state index < -0.39 is 0 Å². The first-order valence-electron chi connectivity index (χ1n) is 4.98. The summed E-state index contributed by atoms with van der Waals surface area (Å²) in [5.41, 5.74) is 2.53. The molecule has 0 radical (unpaired) electrons. The van der Waals surface area contributed by atoms with Gasteiger partial charge in [0.25, 0.3) is 0 Å². The Morgan fingerprint density at radius 1 is 1.40 bits per heavy atom. The highest BCUT2D eigenvalue weighted by Gasteiger charge is 2.16. The third-order valence-electron chi connectivity index (χ3n) is 2.58. The summed E-state index contributed by atoms with van der Waals surface area (Å²) < 4.78 is 5.35. The summed E-state index contributed by atoms with van der Waals surface area (Å²) in [7, 11) is 1.98. The number of hydrogen-bond donors (Lipinski definition) is 1. The standard InChI is InChI=1S/C12H15NOS/c1-8-6-10(7-14-8)12(13-3)11-4-5-15-9(11)2/h4-7,12-13H,1-3H3. The van der Waals surface area contributed by atoms with Crippen LogP contribution in [0.2, 0.25) is 0 Å². The Kier molecular flexibility index (Phi) is 2.93. The summed E-state index contributed by atoms with van der Waals surface area (Å²) >= 11 is 1.78. The SMILES string of the molecule is CNC(c1coc(C)c1)c1ccsc1C. The monoisotopic (exact) mass is 221 g/mol. The molecule has 1 N–H and O–H groups in total. The normalized spacial score (nSPS) is 13.0. The zero-order chi connectivity index (χ0) is 10.8. The lowest BCUT2D eigenvalue weighted by Gasteiger charge is -2.14. The first-order chi connectivity index (χ1) is 7.22. The average Bonchev–Trinajstić information content (AvgIpc) is 2.79. The Morgan fingerprint density at radius 2 is 2.20 bits per heavy atom. The minimum Gasteiger partial charge on any atom is -0.469 e. The van der Waals surface area contributed by atoms with E-state index in [9.17, 15) is 0 Å². The van der Waals surface area contributed by atoms with Gasteiger partial charge in [-0.05, 0) is 44.0 Å². The molecule has 0 amide bonds. The molecule has 0 fully saturated rings. The van der Waals surface area contributed by atoms with Crippen LogP contribution in [0, 0.1) is 13.8 Å². The molecule has 15 heavy (non-hydrogen) atoms. The predicted molar refractivity (Wildman–Crippen MR) is 63.4 cm³/mol. The number of nitrogens with one attached hydrogen (secondary N) is 1. The van der Waals surface area contributed by atoms with E-state index in [0.717, 1.165) is 5.76 Å². The number of furan rings is 1. The molecule has 1 unspecified atom stereocenters. The van der Waals surface area contributed by atoms with Crippen LogP contribution < -0.4 is 5.32 Å². The molecule has 2 rings (SSSR count). The van der Waals surface area contributed by atoms with Crippen LogP contribution >= 0.6 is 11.3 Å². The lowest BCUT2D eigenvalue weighted by Crippen LogP contribution is -2.17. The van der Waals surface area contributed by atoms with Crippen LogP contribution in [0.15, 0.2) is 28.2 Å². The van der Waals surface area contributed by atoms with Crippen LogP contribution in [0.3, 0.4) is 0 Å². The molecule has 0 aliphatic rings. The van der Waals surface area contributed by atoms with Crippen molar-refractivity contribution in [1.29, 1.82) is 0 Å². The molecule has 0 saturated carbocycles. The number of rotatable bonds is 3. The first-order valence-corrected chi connectivity index (χ1v) is 5.86. The largest absolute Gasteiger partial charge is 0.469 e. The molecular weight excluding hydrogens is 206 g/mol. The Hall–Kier alpha value is -1.06. The lowest BCUT2D eigenvalue weighted by molar-refractivity contribution is 0.528. The molecule has 2 nitrogen and oxygen atoms in total. The van der Waals surface area contributed by atoms with Crippen molar-refractivity contribution in [3.63, 3.8) is 0 Å². The molecule has 2 heterocycles. The lowest BCUT2D eigenvalue weighted by atomic mass is 10.0. The summed E-state index contributed by atoms with van der Waals surface area (Å²) in [4.78, 5) is 1.35. The van der Waals surface area contributed by atoms with Gasteiger partial charge in [-0.15, -0.1) is 11.3 Å². The molecule has 80 valence electrons. The fourth-order valence-electron chi connectivity index (χ4n) is 1.81. The summed E-state index contributed by atoms with van der Waals surface area (Å²) in [5.74, 6) is 0.957. The maximum atomic E-state index is 5.35. The van der Waals surface area contributed by atoms with Gasteiger partial charge < -0.3 is 9.73 Å². The Morgan fingerprint density at radius 3 is 2.67 bits per heavy atom. The molecule has 0 aromatic carbocycles. The highest BCUT2D eigenvalue weighted by Crippen LogP contribution is 2.28. The van der Waals surface area contributed by atoms with Crippen LogP contribution in [0.1, 0.15) is 27.8 Å². The van der Waals surface area contributed by atoms with Crippen LogP contribution in [-0.2, 0) is 0 Å². The summed E-state index contributed by atoms with van der Waals surface area (Å²) in [6.45, 7) is 4.12. The fraction of sp³-hybridized carbons (Fsp3) is 0.333. The van der Waals surface area contributed by atoms with E-state index in [4.69, 9.17) is 4.42 Å². The van der Waals surface area contributed by atoms with Crippen LogP contribution in [0.25, 0.3) is 0 Å². The minimum atomic E-state index is 0.244. The number of thiophene rings is 1. The first kappa shape index (κ1) is 10.5. The van der Waals surface area contributed by atoms with Crippen molar-refractivity contribution in [3.8, 4) is 0 Å². The van der Waals surface area contributed by atoms with Gasteiger partial charge in [0.15, 0.2) is 0 Å². The third kappa shape index (κ3) is 1.98. The van der Waals surface area contributed by atoms with Gasteiger partial charge in [0.05, 0.1) is 12.3 Å². The highest BCUT2D eigenvalue weighted by molar-refractivity contribution is 7.10. The molecule has 0 spiro atoms. The van der Waals surface area contributed by atoms with Crippen molar-refractivity contribution in [2.24, 2.45) is 0 Å². The predicted octanol–water partition coefficient (Wildman–Crippen LogP) is 3.27. The van der Waals surface area contributed by atoms with E-state index in [0.29, 0.717) is 0 Å². The second kappa shape index (κ2) is 4.21. The number of aryl methyl sites for hydroxylation is 2. The highest BCUT2D eigenvalue weighted by atomic mass is 32.1. The zero-order valence-corrected chi connectivity index (χ0v) is 10.0. The van der Waals surface area contributed by atoms with Gasteiger partial charge in [-0.2, -0.15) is 0 Å². The molecule has 1 atom stereocenters. The maximum absolute atomic E-state index is 5.35. The van der Waals surface area contributed by atoms with Gasteiger partial charge >= 0.3 is 0 Å². The maximum Gasteiger partial charge on any atom is 0.101 e. The van der Waals surface area contributed by atoms with E-state index in [1.54, 1.807) is 11.3 Å². The Balaban J connectivity index is 2.36. The molecule has 3 heteroatoms. The quantitative estimate of drug-likeness (QED) is 0.860. The summed E-state index contributed by atoms with van der Waals surface area (Å²) in [6.07, 6.45) is 1.83. The van der Waals surface area contributed by atoms with Gasteiger partial charge in [-0.3, -0.25) is 0 Å². The van der Waals surface area contributed by atoms with Gasteiger partial charge in [-0.25, -0.2) is 0 Å². The van der Waals surface area contributed by atoms with E-state index in [1.165, 1.54) is 16.0 Å². The van der Waals surface area contributed by atoms with Gasteiger partial charge in [-0.1, -0.05) is 0 Å². The van der Waals surface area contributed by atoms with E-state index in [1.807, 2.05) is 20.2 Å².